The van der Waals surface area contributed by atoms with Crippen LogP contribution in [0.1, 0.15) is 38.3 Å². The summed E-state index contributed by atoms with van der Waals surface area (Å²) in [6.45, 7) is 5.26. The molecule has 2 aromatic carbocycles. The zero-order valence-electron chi connectivity index (χ0n) is 19.1. The number of amides is 1. The lowest BCUT2D eigenvalue weighted by Gasteiger charge is -2.28. The Morgan fingerprint density at radius 2 is 1.62 bits per heavy atom. The normalized spacial score (nSPS) is 14.2. The van der Waals surface area contributed by atoms with Gasteiger partial charge in [-0.15, -0.1) is 0 Å². The molecular weight excluding hydrogens is 410 g/mol. The monoisotopic (exact) mass is 443 g/mol. The fraction of sp³-hybridized carbons (Fsp3) is 0.440. The molecule has 0 saturated carbocycles. The highest BCUT2D eigenvalue weighted by molar-refractivity contribution is 5.71. The molecule has 0 radical (unpaired) electrons. The summed E-state index contributed by atoms with van der Waals surface area (Å²) >= 11 is 0. The second-order valence-corrected chi connectivity index (χ2v) is 8.80. The molecular formula is C25H33NO6. The number of carboxylic acids is 1. The quantitative estimate of drug-likeness (QED) is 0.516. The number of aliphatic hydroxyl groups is 1. The van der Waals surface area contributed by atoms with Crippen LogP contribution in [0.15, 0.2) is 54.6 Å². The van der Waals surface area contributed by atoms with Gasteiger partial charge in [0.1, 0.15) is 11.4 Å². The number of aliphatic hydroxyl groups excluding tert-OH is 1. The number of ether oxygens (including phenoxy) is 2. The van der Waals surface area contributed by atoms with Crippen molar-refractivity contribution in [3.8, 4) is 5.75 Å². The highest BCUT2D eigenvalue weighted by atomic mass is 16.6. The van der Waals surface area contributed by atoms with Crippen molar-refractivity contribution in [1.82, 2.24) is 5.32 Å². The third-order valence-electron chi connectivity index (χ3n) is 5.00. The van der Waals surface area contributed by atoms with Crippen LogP contribution in [0.2, 0.25) is 0 Å². The van der Waals surface area contributed by atoms with Crippen LogP contribution in [0.25, 0.3) is 0 Å². The number of carbonyl (C=O) groups excluding carboxylic acids is 1. The van der Waals surface area contributed by atoms with Crippen molar-refractivity contribution >= 4 is 12.1 Å². The second-order valence-electron chi connectivity index (χ2n) is 8.80. The smallest absolute Gasteiger partial charge is 0.407 e. The van der Waals surface area contributed by atoms with E-state index in [9.17, 15) is 19.8 Å². The Morgan fingerprint density at radius 1 is 1.00 bits per heavy atom. The van der Waals surface area contributed by atoms with Gasteiger partial charge in [-0.25, -0.2) is 4.79 Å². The first kappa shape index (κ1) is 25.2. The summed E-state index contributed by atoms with van der Waals surface area (Å²) in [7, 11) is 1.53. The van der Waals surface area contributed by atoms with Crippen molar-refractivity contribution in [2.24, 2.45) is 5.92 Å². The number of para-hydroxylation sites is 1. The molecule has 0 aliphatic carbocycles. The molecule has 0 fully saturated rings. The lowest BCUT2D eigenvalue weighted by Crippen LogP contribution is -2.47. The molecule has 0 spiro atoms. The fourth-order valence-corrected chi connectivity index (χ4v) is 3.47. The average Bonchev–Trinajstić information content (AvgIpc) is 2.72. The highest BCUT2D eigenvalue weighted by Crippen LogP contribution is 2.24. The number of benzene rings is 2. The van der Waals surface area contributed by atoms with Crippen molar-refractivity contribution < 1.29 is 29.3 Å². The molecule has 0 aromatic heterocycles. The van der Waals surface area contributed by atoms with E-state index in [0.717, 1.165) is 11.1 Å². The predicted octanol–water partition coefficient (Wildman–Crippen LogP) is 3.83. The molecule has 3 N–H and O–H groups in total. The second kappa shape index (κ2) is 11.5. The van der Waals surface area contributed by atoms with Gasteiger partial charge in [-0.05, 0) is 57.2 Å². The number of alkyl carbamates (subject to hydrolysis) is 1. The Labute approximate surface area is 189 Å². The Bertz CT molecular complexity index is 878. The molecule has 0 saturated heterocycles. The van der Waals surface area contributed by atoms with E-state index >= 15 is 0 Å². The van der Waals surface area contributed by atoms with Crippen LogP contribution in [0.4, 0.5) is 4.79 Å². The summed E-state index contributed by atoms with van der Waals surface area (Å²) in [5.41, 5.74) is 0.957. The minimum absolute atomic E-state index is 0.0410. The van der Waals surface area contributed by atoms with Gasteiger partial charge in [0.15, 0.2) is 0 Å². The van der Waals surface area contributed by atoms with Crippen molar-refractivity contribution in [2.75, 3.05) is 7.11 Å². The van der Waals surface area contributed by atoms with Crippen LogP contribution in [-0.4, -0.2) is 47.1 Å². The molecule has 3 unspecified atom stereocenters. The molecule has 174 valence electrons. The van der Waals surface area contributed by atoms with Crippen LogP contribution in [0, 0.1) is 5.92 Å². The van der Waals surface area contributed by atoms with E-state index in [1.54, 1.807) is 26.8 Å². The van der Waals surface area contributed by atoms with Gasteiger partial charge in [-0.3, -0.25) is 4.79 Å². The van der Waals surface area contributed by atoms with Crippen molar-refractivity contribution in [3.05, 3.63) is 65.7 Å². The first-order valence-corrected chi connectivity index (χ1v) is 10.6. The van der Waals surface area contributed by atoms with Crippen LogP contribution in [0.3, 0.4) is 0 Å². The molecule has 0 aliphatic rings. The van der Waals surface area contributed by atoms with Crippen molar-refractivity contribution in [2.45, 2.75) is 57.8 Å². The predicted molar refractivity (Wildman–Crippen MR) is 122 cm³/mol. The molecule has 2 rings (SSSR count). The molecule has 1 amide bonds. The van der Waals surface area contributed by atoms with Crippen LogP contribution in [0.5, 0.6) is 5.75 Å². The molecule has 0 bridgehead atoms. The number of aliphatic carboxylic acids is 1. The van der Waals surface area contributed by atoms with Gasteiger partial charge in [-0.1, -0.05) is 48.5 Å². The summed E-state index contributed by atoms with van der Waals surface area (Å²) in [5.74, 6) is -1.29. The van der Waals surface area contributed by atoms with E-state index in [4.69, 9.17) is 9.47 Å². The summed E-state index contributed by atoms with van der Waals surface area (Å²) in [4.78, 5) is 24.3. The van der Waals surface area contributed by atoms with E-state index in [-0.39, 0.29) is 12.8 Å². The zero-order chi connectivity index (χ0) is 23.7. The molecule has 0 aliphatic heterocycles. The number of carbonyl (C=O) groups is 2. The Balaban J connectivity index is 2.18. The molecule has 32 heavy (non-hydrogen) atoms. The molecule has 2 aromatic rings. The average molecular weight is 444 g/mol. The lowest BCUT2D eigenvalue weighted by molar-refractivity contribution is -0.143. The Morgan fingerprint density at radius 3 is 2.22 bits per heavy atom. The summed E-state index contributed by atoms with van der Waals surface area (Å²) < 4.78 is 10.7. The first-order chi connectivity index (χ1) is 15.1. The van der Waals surface area contributed by atoms with Crippen LogP contribution in [-0.2, 0) is 22.4 Å². The summed E-state index contributed by atoms with van der Waals surface area (Å²) in [6, 6.07) is 15.9. The van der Waals surface area contributed by atoms with Gasteiger partial charge in [0.2, 0.25) is 0 Å². The standard InChI is InChI=1S/C25H33NO6/c1-25(2,3)32-24(30)26-20(14-17-10-6-5-7-11-17)21(27)16-19(23(28)29)15-18-12-8-9-13-22(18)31-4/h5-13,19-21,27H,14-16H2,1-4H3,(H,26,30)(H,28,29). The summed E-state index contributed by atoms with van der Waals surface area (Å²) in [5, 5.41) is 23.5. The third kappa shape index (κ3) is 8.23. The SMILES string of the molecule is COc1ccccc1CC(CC(O)C(Cc1ccccc1)NC(=O)OC(C)(C)C)C(=O)O. The molecule has 3 atom stereocenters. The first-order valence-electron chi connectivity index (χ1n) is 10.6. The minimum Gasteiger partial charge on any atom is -0.496 e. The van der Waals surface area contributed by atoms with E-state index in [1.807, 2.05) is 48.5 Å². The van der Waals surface area contributed by atoms with Gasteiger partial charge in [0.25, 0.3) is 0 Å². The van der Waals surface area contributed by atoms with E-state index in [0.29, 0.717) is 12.2 Å². The van der Waals surface area contributed by atoms with E-state index in [2.05, 4.69) is 5.32 Å². The number of carboxylic acid groups (broad SMARTS) is 1. The highest BCUT2D eigenvalue weighted by Gasteiger charge is 2.30. The molecule has 7 nitrogen and oxygen atoms in total. The molecule has 0 heterocycles. The van der Waals surface area contributed by atoms with E-state index in [1.165, 1.54) is 7.11 Å². The van der Waals surface area contributed by atoms with Crippen LogP contribution >= 0.6 is 0 Å². The van der Waals surface area contributed by atoms with E-state index < -0.39 is 35.7 Å². The Hall–Kier alpha value is -3.06. The zero-order valence-corrected chi connectivity index (χ0v) is 19.1. The van der Waals surface area contributed by atoms with Gasteiger partial charge < -0.3 is 25.0 Å². The number of hydrogen-bond acceptors (Lipinski definition) is 5. The number of nitrogens with one attached hydrogen (secondary N) is 1. The van der Waals surface area contributed by atoms with Gasteiger partial charge in [0.05, 0.1) is 25.2 Å². The molecule has 7 heteroatoms. The van der Waals surface area contributed by atoms with Crippen LogP contribution < -0.4 is 10.1 Å². The number of methoxy groups -OCH3 is 1. The maximum atomic E-state index is 12.4. The maximum absolute atomic E-state index is 12.4. The maximum Gasteiger partial charge on any atom is 0.407 e. The Kier molecular flexibility index (Phi) is 9.08. The third-order valence-corrected chi connectivity index (χ3v) is 5.00. The van der Waals surface area contributed by atoms with Gasteiger partial charge in [-0.2, -0.15) is 0 Å². The van der Waals surface area contributed by atoms with Crippen molar-refractivity contribution in [1.29, 1.82) is 0 Å². The van der Waals surface area contributed by atoms with Gasteiger partial charge >= 0.3 is 12.1 Å². The number of rotatable bonds is 10. The lowest BCUT2D eigenvalue weighted by atomic mass is 9.89. The number of hydrogen-bond donors (Lipinski definition) is 3. The van der Waals surface area contributed by atoms with Gasteiger partial charge in [0, 0.05) is 0 Å². The minimum atomic E-state index is -1.10. The van der Waals surface area contributed by atoms with Crippen molar-refractivity contribution in [3.63, 3.8) is 0 Å². The topological polar surface area (TPSA) is 105 Å². The fourth-order valence-electron chi connectivity index (χ4n) is 3.47. The summed E-state index contributed by atoms with van der Waals surface area (Å²) in [6.07, 6.45) is -1.27. The largest absolute Gasteiger partial charge is 0.496 e.